The van der Waals surface area contributed by atoms with Gasteiger partial charge in [-0.25, -0.2) is 14.4 Å². The van der Waals surface area contributed by atoms with Crippen molar-refractivity contribution in [2.45, 2.75) is 77.7 Å². The molecule has 1 heterocycles. The summed E-state index contributed by atoms with van der Waals surface area (Å²) in [5.41, 5.74) is -1.47. The molecule has 0 saturated carbocycles. The molecule has 0 aliphatic carbocycles. The van der Waals surface area contributed by atoms with Crippen molar-refractivity contribution < 1.29 is 33.4 Å². The maximum Gasteiger partial charge on any atom is 0.408 e. The maximum absolute atomic E-state index is 13.1. The third-order valence-electron chi connectivity index (χ3n) is 3.76. The first kappa shape index (κ1) is 24.5. The molecule has 1 aliphatic heterocycles. The molecule has 1 aliphatic rings. The van der Waals surface area contributed by atoms with Gasteiger partial charge in [0.2, 0.25) is 5.91 Å². The second-order valence-electron chi connectivity index (χ2n) is 8.76. The molecular weight excluding hydrogens is 380 g/mol. The number of nitrogens with one attached hydrogen (secondary N) is 1. The second-order valence-corrected chi connectivity index (χ2v) is 8.76. The number of hydrogen-bond donors (Lipinski definition) is 1. The van der Waals surface area contributed by atoms with Gasteiger partial charge in [-0.1, -0.05) is 6.58 Å². The van der Waals surface area contributed by atoms with Crippen molar-refractivity contribution in [2.75, 3.05) is 13.2 Å². The van der Waals surface area contributed by atoms with E-state index in [-0.39, 0.29) is 0 Å². The van der Waals surface area contributed by atoms with Crippen LogP contribution < -0.4 is 5.32 Å². The number of esters is 2. The Morgan fingerprint density at radius 1 is 1.10 bits per heavy atom. The molecule has 0 unspecified atom stereocenters. The predicted molar refractivity (Wildman–Crippen MR) is 105 cm³/mol. The Labute approximate surface area is 171 Å². The molecule has 164 valence electrons. The first-order chi connectivity index (χ1) is 13.2. The second kappa shape index (κ2) is 9.76. The number of carbonyl (C=O) groups is 4. The molecule has 9 nitrogen and oxygen atoms in total. The monoisotopic (exact) mass is 412 g/mol. The zero-order valence-corrected chi connectivity index (χ0v) is 18.1. The van der Waals surface area contributed by atoms with Gasteiger partial charge in [0.1, 0.15) is 29.9 Å². The number of carbonyl (C=O) groups excluding carboxylic acids is 4. The molecule has 9 heteroatoms. The summed E-state index contributed by atoms with van der Waals surface area (Å²) in [6.07, 6.45) is 1.18. The van der Waals surface area contributed by atoms with Gasteiger partial charge in [-0.2, -0.15) is 0 Å². The van der Waals surface area contributed by atoms with E-state index in [1.807, 2.05) is 0 Å². The van der Waals surface area contributed by atoms with E-state index in [0.29, 0.717) is 19.4 Å². The van der Waals surface area contributed by atoms with Gasteiger partial charge < -0.3 is 24.4 Å². The lowest BCUT2D eigenvalue weighted by Gasteiger charge is -2.30. The molecule has 0 aromatic carbocycles. The Bertz CT molecular complexity index is 646. The fraction of sp³-hybridized carbons (Fsp3) is 0.700. The largest absolute Gasteiger partial charge is 0.460 e. The van der Waals surface area contributed by atoms with Crippen LogP contribution in [0.25, 0.3) is 0 Å². The molecule has 0 bridgehead atoms. The molecule has 0 spiro atoms. The molecule has 0 aromatic heterocycles. The molecule has 1 N–H and O–H groups in total. The van der Waals surface area contributed by atoms with Crippen LogP contribution in [0.4, 0.5) is 4.79 Å². The van der Waals surface area contributed by atoms with E-state index in [1.54, 1.807) is 41.5 Å². The predicted octanol–water partition coefficient (Wildman–Crippen LogP) is 1.94. The standard InChI is InChI=1S/C20H32N2O7/c1-8-15(23)27-12-13(21-18(26)29-20(5,6)7)16(24)22-11-9-10-14(22)17(25)28-19(2,3)4/h8,13-14H,1,9-12H2,2-7H3,(H,21,26)/t13-,14-/m0/s1. The van der Waals surface area contributed by atoms with Gasteiger partial charge in [0.25, 0.3) is 0 Å². The highest BCUT2D eigenvalue weighted by Gasteiger charge is 2.40. The van der Waals surface area contributed by atoms with Crippen LogP contribution in [0.15, 0.2) is 12.7 Å². The minimum atomic E-state index is -1.21. The van der Waals surface area contributed by atoms with Crippen molar-refractivity contribution in [1.29, 1.82) is 0 Å². The summed E-state index contributed by atoms with van der Waals surface area (Å²) in [6.45, 7) is 13.5. The smallest absolute Gasteiger partial charge is 0.408 e. The van der Waals surface area contributed by atoms with Crippen LogP contribution in [-0.4, -0.2) is 65.3 Å². The molecule has 1 saturated heterocycles. The van der Waals surface area contributed by atoms with Crippen molar-refractivity contribution in [3.8, 4) is 0 Å². The minimum Gasteiger partial charge on any atom is -0.460 e. The van der Waals surface area contributed by atoms with Crippen LogP contribution >= 0.6 is 0 Å². The Hall–Kier alpha value is -2.58. The molecule has 0 aromatic rings. The van der Waals surface area contributed by atoms with Crippen LogP contribution in [0, 0.1) is 0 Å². The van der Waals surface area contributed by atoms with Gasteiger partial charge in [-0.15, -0.1) is 0 Å². The average molecular weight is 412 g/mol. The normalized spacial score (nSPS) is 17.9. The topological polar surface area (TPSA) is 111 Å². The Kier molecular flexibility index (Phi) is 8.23. The van der Waals surface area contributed by atoms with Gasteiger partial charge >= 0.3 is 18.0 Å². The zero-order valence-electron chi connectivity index (χ0n) is 18.1. The number of nitrogens with zero attached hydrogens (tertiary/aromatic N) is 1. The third kappa shape index (κ3) is 8.53. The van der Waals surface area contributed by atoms with Crippen LogP contribution in [0.3, 0.4) is 0 Å². The molecule has 2 atom stereocenters. The van der Waals surface area contributed by atoms with E-state index in [0.717, 1.165) is 6.08 Å². The molecule has 2 amide bonds. The number of ether oxygens (including phenoxy) is 3. The third-order valence-corrected chi connectivity index (χ3v) is 3.76. The summed E-state index contributed by atoms with van der Waals surface area (Å²) in [5, 5.41) is 2.42. The lowest BCUT2D eigenvalue weighted by atomic mass is 10.1. The first-order valence-electron chi connectivity index (χ1n) is 9.55. The molecule has 0 radical (unpaired) electrons. The van der Waals surface area contributed by atoms with Gasteiger partial charge in [-0.3, -0.25) is 4.79 Å². The maximum atomic E-state index is 13.1. The van der Waals surface area contributed by atoms with Gasteiger partial charge in [0.15, 0.2) is 0 Å². The van der Waals surface area contributed by atoms with Crippen molar-refractivity contribution in [1.82, 2.24) is 10.2 Å². The molecule has 1 fully saturated rings. The highest BCUT2D eigenvalue weighted by molar-refractivity contribution is 5.91. The van der Waals surface area contributed by atoms with Crippen molar-refractivity contribution in [3.63, 3.8) is 0 Å². The van der Waals surface area contributed by atoms with Crippen LogP contribution in [0.2, 0.25) is 0 Å². The van der Waals surface area contributed by atoms with E-state index < -0.39 is 53.8 Å². The van der Waals surface area contributed by atoms with Crippen LogP contribution in [0.5, 0.6) is 0 Å². The van der Waals surface area contributed by atoms with E-state index in [1.165, 1.54) is 4.90 Å². The highest BCUT2D eigenvalue weighted by Crippen LogP contribution is 2.22. The molecule has 29 heavy (non-hydrogen) atoms. The Morgan fingerprint density at radius 2 is 1.69 bits per heavy atom. The minimum absolute atomic E-state index is 0.324. The molecular formula is C20H32N2O7. The van der Waals surface area contributed by atoms with E-state index in [4.69, 9.17) is 14.2 Å². The lowest BCUT2D eigenvalue weighted by molar-refractivity contribution is -0.164. The fourth-order valence-electron chi connectivity index (χ4n) is 2.69. The van der Waals surface area contributed by atoms with E-state index in [9.17, 15) is 19.2 Å². The Balaban J connectivity index is 2.95. The summed E-state index contributed by atoms with van der Waals surface area (Å²) in [5.74, 6) is -1.80. The zero-order chi connectivity index (χ0) is 22.4. The summed E-state index contributed by atoms with van der Waals surface area (Å²) < 4.78 is 15.5. The van der Waals surface area contributed by atoms with Gasteiger partial charge in [-0.05, 0) is 54.4 Å². The van der Waals surface area contributed by atoms with Crippen LogP contribution in [-0.2, 0) is 28.6 Å². The van der Waals surface area contributed by atoms with Crippen molar-refractivity contribution in [3.05, 3.63) is 12.7 Å². The number of likely N-dealkylation sites (tertiary alicyclic amines) is 1. The van der Waals surface area contributed by atoms with Crippen LogP contribution in [0.1, 0.15) is 54.4 Å². The fourth-order valence-corrected chi connectivity index (χ4v) is 2.69. The summed E-state index contributed by atoms with van der Waals surface area (Å²) in [6, 6.07) is -1.98. The number of hydrogen-bond acceptors (Lipinski definition) is 7. The number of alkyl carbamates (subject to hydrolysis) is 1. The summed E-state index contributed by atoms with van der Waals surface area (Å²) in [4.78, 5) is 50.5. The number of rotatable bonds is 6. The van der Waals surface area contributed by atoms with Gasteiger partial charge in [0.05, 0.1) is 0 Å². The first-order valence-corrected chi connectivity index (χ1v) is 9.55. The SMILES string of the molecule is C=CC(=O)OC[C@H](NC(=O)OC(C)(C)C)C(=O)N1CCC[C@H]1C(=O)OC(C)(C)C. The highest BCUT2D eigenvalue weighted by atomic mass is 16.6. The Morgan fingerprint density at radius 3 is 2.21 bits per heavy atom. The quantitative estimate of drug-likeness (QED) is 0.403. The lowest BCUT2D eigenvalue weighted by Crippen LogP contribution is -2.54. The van der Waals surface area contributed by atoms with Crippen molar-refractivity contribution >= 4 is 23.9 Å². The average Bonchev–Trinajstić information content (AvgIpc) is 3.04. The van der Waals surface area contributed by atoms with E-state index >= 15 is 0 Å². The molecule has 1 rings (SSSR count). The van der Waals surface area contributed by atoms with E-state index in [2.05, 4.69) is 11.9 Å². The summed E-state index contributed by atoms with van der Waals surface area (Å²) in [7, 11) is 0. The van der Waals surface area contributed by atoms with Gasteiger partial charge in [0, 0.05) is 12.6 Å². The van der Waals surface area contributed by atoms with Crippen molar-refractivity contribution in [2.24, 2.45) is 0 Å². The number of amides is 2. The summed E-state index contributed by atoms with van der Waals surface area (Å²) >= 11 is 0.